The van der Waals surface area contributed by atoms with E-state index in [0.717, 1.165) is 35.1 Å². The Balaban J connectivity index is 1.38. The zero-order valence-corrected chi connectivity index (χ0v) is 18.7. The fourth-order valence-electron chi connectivity index (χ4n) is 3.69. The molecule has 1 aliphatic carbocycles. The summed E-state index contributed by atoms with van der Waals surface area (Å²) >= 11 is 0. The quantitative estimate of drug-likeness (QED) is 0.363. The molecule has 170 valence electrons. The minimum Gasteiger partial charge on any atom is -0.497 e. The highest BCUT2D eigenvalue weighted by Crippen LogP contribution is 2.27. The molecule has 1 fully saturated rings. The molecule has 7 nitrogen and oxygen atoms in total. The molecule has 3 aromatic carbocycles. The lowest BCUT2D eigenvalue weighted by Crippen LogP contribution is -2.30. The number of nitrogens with zero attached hydrogens (tertiary/aromatic N) is 1. The molecule has 1 saturated carbocycles. The molecular weight excluding hydrogens is 428 g/mol. The lowest BCUT2D eigenvalue weighted by molar-refractivity contribution is 0.102. The zero-order chi connectivity index (χ0) is 23.5. The van der Waals surface area contributed by atoms with Crippen molar-refractivity contribution in [1.82, 2.24) is 10.3 Å². The maximum absolute atomic E-state index is 13.3. The van der Waals surface area contributed by atoms with Crippen LogP contribution in [0.4, 0.5) is 16.2 Å². The Morgan fingerprint density at radius 3 is 2.24 bits per heavy atom. The zero-order valence-electron chi connectivity index (χ0n) is 18.7. The molecule has 0 bridgehead atoms. The van der Waals surface area contributed by atoms with Crippen LogP contribution in [0.15, 0.2) is 78.9 Å². The molecule has 3 amide bonds. The van der Waals surface area contributed by atoms with Gasteiger partial charge in [0.15, 0.2) is 0 Å². The van der Waals surface area contributed by atoms with E-state index in [1.807, 2.05) is 48.5 Å². The van der Waals surface area contributed by atoms with Gasteiger partial charge in [0, 0.05) is 28.4 Å². The average Bonchev–Trinajstić information content (AvgIpc) is 3.68. The summed E-state index contributed by atoms with van der Waals surface area (Å²) in [5, 5.41) is 9.41. The molecule has 0 saturated heterocycles. The molecule has 0 spiro atoms. The normalized spacial score (nSPS) is 12.7. The summed E-state index contributed by atoms with van der Waals surface area (Å²) in [4.78, 5) is 29.9. The second-order valence-electron chi connectivity index (χ2n) is 8.20. The van der Waals surface area contributed by atoms with Crippen LogP contribution in [0, 0.1) is 0 Å². The highest BCUT2D eigenvalue weighted by atomic mass is 16.5. The van der Waals surface area contributed by atoms with Gasteiger partial charge in [-0.2, -0.15) is 0 Å². The lowest BCUT2D eigenvalue weighted by atomic mass is 10.0. The number of pyridine rings is 1. The fourth-order valence-corrected chi connectivity index (χ4v) is 3.69. The first-order chi connectivity index (χ1) is 16.6. The summed E-state index contributed by atoms with van der Waals surface area (Å²) in [5.74, 6) is 0.519. The highest BCUT2D eigenvalue weighted by molar-refractivity contribution is 6.13. The minimum atomic E-state index is -0.236. The van der Waals surface area contributed by atoms with E-state index in [1.165, 1.54) is 0 Å². The topological polar surface area (TPSA) is 92.4 Å². The summed E-state index contributed by atoms with van der Waals surface area (Å²) in [6, 6.07) is 24.1. The summed E-state index contributed by atoms with van der Waals surface area (Å²) in [6.07, 6.45) is 2.06. The Hall–Kier alpha value is -4.39. The van der Waals surface area contributed by atoms with Crippen LogP contribution in [-0.4, -0.2) is 30.1 Å². The predicted molar refractivity (Wildman–Crippen MR) is 133 cm³/mol. The molecule has 1 heterocycles. The number of methoxy groups -OCH3 is 1. The van der Waals surface area contributed by atoms with Crippen LogP contribution < -0.4 is 20.7 Å². The van der Waals surface area contributed by atoms with Gasteiger partial charge in [0.2, 0.25) is 0 Å². The van der Waals surface area contributed by atoms with Crippen molar-refractivity contribution in [1.29, 1.82) is 0 Å². The summed E-state index contributed by atoms with van der Waals surface area (Å²) in [7, 11) is 1.62. The van der Waals surface area contributed by atoms with E-state index in [0.29, 0.717) is 22.6 Å². The van der Waals surface area contributed by atoms with E-state index in [1.54, 1.807) is 37.4 Å². The average molecular weight is 453 g/mol. The summed E-state index contributed by atoms with van der Waals surface area (Å²) in [6.45, 7) is 0. The van der Waals surface area contributed by atoms with Gasteiger partial charge in [0.25, 0.3) is 5.91 Å². The van der Waals surface area contributed by atoms with Gasteiger partial charge in [-0.3, -0.25) is 4.79 Å². The SMILES string of the molecule is COc1ccc(-c2cc(C(=O)Nc3ccc(NC(=O)NC4CC4)cc3)c3ccccc3n2)cc1. The van der Waals surface area contributed by atoms with Crippen molar-refractivity contribution in [2.24, 2.45) is 0 Å². The van der Waals surface area contributed by atoms with Gasteiger partial charge in [-0.05, 0) is 73.5 Å². The van der Waals surface area contributed by atoms with Crippen LogP contribution in [-0.2, 0) is 0 Å². The number of rotatable bonds is 6. The van der Waals surface area contributed by atoms with E-state index in [2.05, 4.69) is 16.0 Å². The van der Waals surface area contributed by atoms with Gasteiger partial charge in [0.1, 0.15) is 5.75 Å². The van der Waals surface area contributed by atoms with Crippen LogP contribution in [0.1, 0.15) is 23.2 Å². The summed E-state index contributed by atoms with van der Waals surface area (Å²) in [5.41, 5.74) is 4.15. The molecule has 0 radical (unpaired) electrons. The summed E-state index contributed by atoms with van der Waals surface area (Å²) < 4.78 is 5.24. The number of carbonyl (C=O) groups excluding carboxylic acids is 2. The number of nitrogens with one attached hydrogen (secondary N) is 3. The highest BCUT2D eigenvalue weighted by Gasteiger charge is 2.23. The van der Waals surface area contributed by atoms with Crippen molar-refractivity contribution in [3.8, 4) is 17.0 Å². The molecular formula is C27H24N4O3. The van der Waals surface area contributed by atoms with E-state index in [9.17, 15) is 9.59 Å². The number of ether oxygens (including phenoxy) is 1. The predicted octanol–water partition coefficient (Wildman–Crippen LogP) is 5.45. The number of hydrogen-bond donors (Lipinski definition) is 3. The van der Waals surface area contributed by atoms with Crippen LogP contribution in [0.2, 0.25) is 0 Å². The fraction of sp³-hybridized carbons (Fsp3) is 0.148. The number of urea groups is 1. The van der Waals surface area contributed by atoms with Gasteiger partial charge in [0.05, 0.1) is 23.9 Å². The van der Waals surface area contributed by atoms with Crippen molar-refractivity contribution in [2.75, 3.05) is 17.7 Å². The Bertz CT molecular complexity index is 1350. The van der Waals surface area contributed by atoms with Crippen molar-refractivity contribution in [3.63, 3.8) is 0 Å². The third-order valence-corrected chi connectivity index (χ3v) is 5.66. The van der Waals surface area contributed by atoms with E-state index in [4.69, 9.17) is 9.72 Å². The smallest absolute Gasteiger partial charge is 0.319 e. The number of para-hydroxylation sites is 1. The molecule has 0 unspecified atom stereocenters. The van der Waals surface area contributed by atoms with Crippen molar-refractivity contribution in [3.05, 3.63) is 84.4 Å². The Labute approximate surface area is 197 Å². The molecule has 0 aliphatic heterocycles. The van der Waals surface area contributed by atoms with E-state index >= 15 is 0 Å². The molecule has 1 aliphatic rings. The largest absolute Gasteiger partial charge is 0.497 e. The second kappa shape index (κ2) is 9.23. The van der Waals surface area contributed by atoms with Crippen LogP contribution >= 0.6 is 0 Å². The monoisotopic (exact) mass is 452 g/mol. The van der Waals surface area contributed by atoms with Gasteiger partial charge in [-0.15, -0.1) is 0 Å². The molecule has 5 rings (SSSR count). The third-order valence-electron chi connectivity index (χ3n) is 5.66. The van der Waals surface area contributed by atoms with Gasteiger partial charge in [-0.25, -0.2) is 9.78 Å². The Kier molecular flexibility index (Phi) is 5.82. The Morgan fingerprint density at radius 2 is 1.56 bits per heavy atom. The van der Waals surface area contributed by atoms with Gasteiger partial charge in [-0.1, -0.05) is 18.2 Å². The van der Waals surface area contributed by atoms with Gasteiger partial charge >= 0.3 is 6.03 Å². The molecule has 4 aromatic rings. The number of aromatic nitrogens is 1. The minimum absolute atomic E-state index is 0.214. The first-order valence-electron chi connectivity index (χ1n) is 11.1. The first kappa shape index (κ1) is 21.5. The van der Waals surface area contributed by atoms with Crippen LogP contribution in [0.25, 0.3) is 22.2 Å². The first-order valence-corrected chi connectivity index (χ1v) is 11.1. The molecule has 3 N–H and O–H groups in total. The van der Waals surface area contributed by atoms with Crippen molar-refractivity contribution < 1.29 is 14.3 Å². The number of fused-ring (bicyclic) bond motifs is 1. The van der Waals surface area contributed by atoms with Crippen LogP contribution in [0.5, 0.6) is 5.75 Å². The van der Waals surface area contributed by atoms with Crippen LogP contribution in [0.3, 0.4) is 0 Å². The van der Waals surface area contributed by atoms with Gasteiger partial charge < -0.3 is 20.7 Å². The number of benzene rings is 3. The lowest BCUT2D eigenvalue weighted by Gasteiger charge is -2.12. The standard InChI is InChI=1S/C27H24N4O3/c1-34-21-14-6-17(7-15-21)25-16-23(22-4-2-3-5-24(22)31-25)26(32)28-18-8-10-19(11-9-18)29-27(33)30-20-12-13-20/h2-11,14-16,20H,12-13H2,1H3,(H,28,32)(H2,29,30,33). The Morgan fingerprint density at radius 1 is 0.882 bits per heavy atom. The van der Waals surface area contributed by atoms with Crippen molar-refractivity contribution in [2.45, 2.75) is 18.9 Å². The molecule has 0 atom stereocenters. The third kappa shape index (κ3) is 4.83. The second-order valence-corrected chi connectivity index (χ2v) is 8.20. The maximum atomic E-state index is 13.3. The molecule has 7 heteroatoms. The maximum Gasteiger partial charge on any atom is 0.319 e. The number of carbonyl (C=O) groups is 2. The number of hydrogen-bond acceptors (Lipinski definition) is 4. The van der Waals surface area contributed by atoms with E-state index in [-0.39, 0.29) is 18.0 Å². The number of amides is 3. The van der Waals surface area contributed by atoms with Crippen molar-refractivity contribution >= 4 is 34.2 Å². The molecule has 1 aromatic heterocycles. The molecule has 34 heavy (non-hydrogen) atoms. The number of anilines is 2. The van der Waals surface area contributed by atoms with E-state index < -0.39 is 0 Å².